The third-order valence-electron chi connectivity index (χ3n) is 5.24. The summed E-state index contributed by atoms with van der Waals surface area (Å²) in [6, 6.07) is -0.193. The summed E-state index contributed by atoms with van der Waals surface area (Å²) < 4.78 is 38.4. The second kappa shape index (κ2) is 8.89. The standard InChI is InChI=1S/C19H27ClN6O4S/c1-11(2)9-31(27,28)10-12-7-29-17-15(8-30-16(12)17)24-18-14(20)5-21-19(25-18)23-13-4-22-26(3)6-13/h4-6,11-12,15-17H,7-10H2,1-3H3,(H2,21,23,24,25)/t12-,15+,16?,17?/m0/s1. The van der Waals surface area contributed by atoms with Crippen molar-refractivity contribution in [2.24, 2.45) is 18.9 Å². The van der Waals surface area contributed by atoms with Crippen LogP contribution in [-0.2, 0) is 26.4 Å². The number of ether oxygens (including phenoxy) is 2. The fraction of sp³-hybridized carbons (Fsp3) is 0.632. The summed E-state index contributed by atoms with van der Waals surface area (Å²) in [6.07, 6.45) is 4.45. The predicted molar refractivity (Wildman–Crippen MR) is 117 cm³/mol. The quantitative estimate of drug-likeness (QED) is 0.595. The van der Waals surface area contributed by atoms with Crippen LogP contribution in [0.15, 0.2) is 18.6 Å². The van der Waals surface area contributed by atoms with Gasteiger partial charge in [0.15, 0.2) is 15.7 Å². The van der Waals surface area contributed by atoms with Crippen molar-refractivity contribution in [2.45, 2.75) is 32.1 Å². The van der Waals surface area contributed by atoms with Crippen LogP contribution in [0, 0.1) is 11.8 Å². The predicted octanol–water partition coefficient (Wildman–Crippen LogP) is 1.87. The van der Waals surface area contributed by atoms with Crippen LogP contribution in [0.5, 0.6) is 0 Å². The van der Waals surface area contributed by atoms with Crippen molar-refractivity contribution < 1.29 is 17.9 Å². The molecule has 0 bridgehead atoms. The van der Waals surface area contributed by atoms with Gasteiger partial charge < -0.3 is 20.1 Å². The zero-order chi connectivity index (χ0) is 22.2. The van der Waals surface area contributed by atoms with E-state index in [2.05, 4.69) is 25.7 Å². The summed E-state index contributed by atoms with van der Waals surface area (Å²) >= 11 is 6.30. The number of sulfone groups is 1. The number of aryl methyl sites for hydroxylation is 1. The molecular formula is C19H27ClN6O4S. The minimum absolute atomic E-state index is 0.0759. The lowest BCUT2D eigenvalue weighted by Gasteiger charge is -2.19. The van der Waals surface area contributed by atoms with Crippen LogP contribution in [0.3, 0.4) is 0 Å². The van der Waals surface area contributed by atoms with E-state index in [-0.39, 0.29) is 41.6 Å². The fourth-order valence-corrected chi connectivity index (χ4v) is 6.30. The number of fused-ring (bicyclic) bond motifs is 1. The van der Waals surface area contributed by atoms with Gasteiger partial charge >= 0.3 is 0 Å². The molecule has 4 rings (SSSR count). The van der Waals surface area contributed by atoms with E-state index in [9.17, 15) is 8.42 Å². The highest BCUT2D eigenvalue weighted by Gasteiger charge is 2.49. The second-order valence-electron chi connectivity index (χ2n) is 8.50. The minimum Gasteiger partial charge on any atom is -0.373 e. The number of aromatic nitrogens is 4. The first kappa shape index (κ1) is 22.3. The second-order valence-corrected chi connectivity index (χ2v) is 11.1. The lowest BCUT2D eigenvalue weighted by atomic mass is 10.0. The Kier molecular flexibility index (Phi) is 6.38. The van der Waals surface area contributed by atoms with Gasteiger partial charge in [0.1, 0.15) is 11.1 Å². The number of halogens is 1. The zero-order valence-corrected chi connectivity index (χ0v) is 19.2. The number of hydrogen-bond acceptors (Lipinski definition) is 9. The van der Waals surface area contributed by atoms with E-state index in [1.807, 2.05) is 20.9 Å². The summed E-state index contributed by atoms with van der Waals surface area (Å²) in [5.74, 6) is 0.996. The number of rotatable bonds is 8. The molecule has 2 aliphatic heterocycles. The van der Waals surface area contributed by atoms with Gasteiger partial charge in [-0.3, -0.25) is 4.68 Å². The van der Waals surface area contributed by atoms with Crippen LogP contribution in [0.25, 0.3) is 0 Å². The first-order valence-corrected chi connectivity index (χ1v) is 12.4. The molecule has 4 heterocycles. The van der Waals surface area contributed by atoms with Gasteiger partial charge in [-0.1, -0.05) is 25.4 Å². The van der Waals surface area contributed by atoms with Crippen molar-refractivity contribution in [3.63, 3.8) is 0 Å². The largest absolute Gasteiger partial charge is 0.373 e. The number of anilines is 3. The van der Waals surface area contributed by atoms with E-state index >= 15 is 0 Å². The van der Waals surface area contributed by atoms with Crippen molar-refractivity contribution >= 4 is 38.9 Å². The molecule has 2 unspecified atom stereocenters. The SMILES string of the molecule is CC(C)CS(=O)(=O)C[C@@H]1COC2C1OC[C@H]2Nc1nc(Nc2cnn(C)c2)ncc1Cl. The molecule has 10 nitrogen and oxygen atoms in total. The Hall–Kier alpha value is -1.95. The first-order chi connectivity index (χ1) is 14.7. The Balaban J connectivity index is 1.41. The summed E-state index contributed by atoms with van der Waals surface area (Å²) in [7, 11) is -1.34. The topological polar surface area (TPSA) is 120 Å². The highest BCUT2D eigenvalue weighted by molar-refractivity contribution is 7.91. The summed E-state index contributed by atoms with van der Waals surface area (Å²) in [5.41, 5.74) is 0.754. The molecule has 2 N–H and O–H groups in total. The molecule has 0 spiro atoms. The van der Waals surface area contributed by atoms with Crippen LogP contribution in [0.2, 0.25) is 5.02 Å². The average molecular weight is 471 g/mol. The fourth-order valence-electron chi connectivity index (χ4n) is 4.07. The maximum absolute atomic E-state index is 12.4. The van der Waals surface area contributed by atoms with Gasteiger partial charge in [-0.25, -0.2) is 13.4 Å². The Morgan fingerprint density at radius 2 is 2.03 bits per heavy atom. The van der Waals surface area contributed by atoms with E-state index in [1.165, 1.54) is 6.20 Å². The molecule has 0 amide bonds. The van der Waals surface area contributed by atoms with Crippen molar-refractivity contribution in [3.05, 3.63) is 23.6 Å². The molecule has 12 heteroatoms. The number of hydrogen-bond donors (Lipinski definition) is 2. The molecule has 0 aromatic carbocycles. The minimum atomic E-state index is -3.16. The van der Waals surface area contributed by atoms with Gasteiger partial charge in [0.2, 0.25) is 5.95 Å². The van der Waals surface area contributed by atoms with Crippen molar-refractivity contribution in [1.29, 1.82) is 0 Å². The molecule has 0 aliphatic carbocycles. The Bertz CT molecular complexity index is 1030. The van der Waals surface area contributed by atoms with Gasteiger partial charge in [-0.2, -0.15) is 10.1 Å². The Morgan fingerprint density at radius 1 is 1.26 bits per heavy atom. The third-order valence-corrected chi connectivity index (χ3v) is 7.63. The number of nitrogens with one attached hydrogen (secondary N) is 2. The van der Waals surface area contributed by atoms with Gasteiger partial charge in [0.25, 0.3) is 0 Å². The van der Waals surface area contributed by atoms with E-state index in [4.69, 9.17) is 21.1 Å². The van der Waals surface area contributed by atoms with E-state index in [0.717, 1.165) is 5.69 Å². The van der Waals surface area contributed by atoms with Crippen LogP contribution in [-0.4, -0.2) is 71.1 Å². The molecule has 0 radical (unpaired) electrons. The molecule has 2 aromatic rings. The highest BCUT2D eigenvalue weighted by Crippen LogP contribution is 2.34. The van der Waals surface area contributed by atoms with E-state index < -0.39 is 9.84 Å². The number of nitrogens with zero attached hydrogens (tertiary/aromatic N) is 4. The molecule has 2 aliphatic rings. The van der Waals surface area contributed by atoms with E-state index in [1.54, 1.807) is 17.1 Å². The van der Waals surface area contributed by atoms with Crippen LogP contribution >= 0.6 is 11.6 Å². The summed E-state index contributed by atoms with van der Waals surface area (Å²) in [4.78, 5) is 8.66. The Morgan fingerprint density at radius 3 is 2.74 bits per heavy atom. The normalized spacial score (nSPS) is 25.7. The zero-order valence-electron chi connectivity index (χ0n) is 17.7. The highest BCUT2D eigenvalue weighted by atomic mass is 35.5. The van der Waals surface area contributed by atoms with Crippen molar-refractivity contribution in [3.8, 4) is 0 Å². The van der Waals surface area contributed by atoms with Crippen molar-refractivity contribution in [2.75, 3.05) is 35.4 Å². The molecule has 4 atom stereocenters. The first-order valence-electron chi connectivity index (χ1n) is 10.2. The average Bonchev–Trinajstić information content (AvgIpc) is 3.36. The van der Waals surface area contributed by atoms with Gasteiger partial charge in [-0.05, 0) is 5.92 Å². The lowest BCUT2D eigenvalue weighted by molar-refractivity contribution is 0.0656. The van der Waals surface area contributed by atoms with Crippen molar-refractivity contribution in [1.82, 2.24) is 19.7 Å². The molecule has 2 saturated heterocycles. The van der Waals surface area contributed by atoms with Gasteiger partial charge in [0, 0.05) is 19.2 Å². The molecule has 31 heavy (non-hydrogen) atoms. The Labute approximate surface area is 186 Å². The summed E-state index contributed by atoms with van der Waals surface area (Å²) in [5, 5.41) is 10.8. The van der Waals surface area contributed by atoms with Gasteiger partial charge in [0.05, 0.1) is 54.9 Å². The lowest BCUT2D eigenvalue weighted by Crippen LogP contribution is -2.36. The maximum Gasteiger partial charge on any atom is 0.229 e. The smallest absolute Gasteiger partial charge is 0.229 e. The van der Waals surface area contributed by atoms with Gasteiger partial charge in [-0.15, -0.1) is 0 Å². The molecule has 170 valence electrons. The molecular weight excluding hydrogens is 444 g/mol. The van der Waals surface area contributed by atoms with Crippen LogP contribution < -0.4 is 10.6 Å². The third kappa shape index (κ3) is 5.28. The molecule has 2 fully saturated rings. The van der Waals surface area contributed by atoms with Crippen LogP contribution in [0.1, 0.15) is 13.8 Å². The van der Waals surface area contributed by atoms with E-state index in [0.29, 0.717) is 30.0 Å². The maximum atomic E-state index is 12.4. The summed E-state index contributed by atoms with van der Waals surface area (Å²) in [6.45, 7) is 4.54. The molecule has 0 saturated carbocycles. The monoisotopic (exact) mass is 470 g/mol. The van der Waals surface area contributed by atoms with Crippen LogP contribution in [0.4, 0.5) is 17.5 Å². The molecule has 2 aromatic heterocycles.